The van der Waals surface area contributed by atoms with E-state index >= 15 is 0 Å². The number of fused-ring (bicyclic) bond motifs is 2. The van der Waals surface area contributed by atoms with Crippen molar-refractivity contribution in [2.45, 2.75) is 113 Å². The van der Waals surface area contributed by atoms with Crippen LogP contribution in [0.3, 0.4) is 0 Å². The quantitative estimate of drug-likeness (QED) is 0.0412. The van der Waals surface area contributed by atoms with Gasteiger partial charge in [0.1, 0.15) is 35.4 Å². The molecule has 4 amide bonds. The maximum atomic E-state index is 13.6. The van der Waals surface area contributed by atoms with E-state index in [9.17, 15) is 19.2 Å². The first-order valence-electron chi connectivity index (χ1n) is 25.2. The summed E-state index contributed by atoms with van der Waals surface area (Å²) in [7, 11) is 0. The summed E-state index contributed by atoms with van der Waals surface area (Å²) in [5, 5.41) is 8.19. The van der Waals surface area contributed by atoms with Crippen LogP contribution >= 0.6 is 11.8 Å². The third kappa shape index (κ3) is 12.0. The molecule has 16 heteroatoms. The Balaban J connectivity index is 0.623. The van der Waals surface area contributed by atoms with Crippen molar-refractivity contribution < 1.29 is 23.9 Å². The largest absolute Gasteiger partial charge is 0.457 e. The van der Waals surface area contributed by atoms with Crippen LogP contribution in [0.15, 0.2) is 84.0 Å². The normalized spacial score (nSPS) is 19.0. The van der Waals surface area contributed by atoms with E-state index in [-0.39, 0.29) is 36.1 Å². The first kappa shape index (κ1) is 48.2. The van der Waals surface area contributed by atoms with Crippen LogP contribution in [0.5, 0.6) is 11.5 Å². The summed E-state index contributed by atoms with van der Waals surface area (Å²) < 4.78 is 7.98. The first-order valence-corrected chi connectivity index (χ1v) is 26.2. The third-order valence-electron chi connectivity index (χ3n) is 14.2. The Bertz CT molecular complexity index is 2570. The molecule has 0 spiro atoms. The predicted octanol–water partition coefficient (Wildman–Crippen LogP) is 8.10. The number of carbonyl (C=O) groups excluding carboxylic acids is 4. The van der Waals surface area contributed by atoms with E-state index in [2.05, 4.69) is 31.2 Å². The van der Waals surface area contributed by atoms with Gasteiger partial charge in [0.15, 0.2) is 5.65 Å². The number of rotatable bonds is 21. The number of piperidine rings is 2. The number of unbranched alkanes of at least 4 members (excludes halogenated alkanes) is 7. The summed E-state index contributed by atoms with van der Waals surface area (Å²) >= 11 is 1.81. The number of aromatic nitrogens is 4. The van der Waals surface area contributed by atoms with Gasteiger partial charge in [-0.05, 0) is 111 Å². The third-order valence-corrected chi connectivity index (χ3v) is 15.4. The van der Waals surface area contributed by atoms with Crippen LogP contribution in [0.2, 0.25) is 0 Å². The molecule has 0 aliphatic carbocycles. The highest BCUT2D eigenvalue weighted by Crippen LogP contribution is 2.37. The van der Waals surface area contributed by atoms with Gasteiger partial charge >= 0.3 is 0 Å². The zero-order chi connectivity index (χ0) is 47.5. The number of ether oxygens (including phenoxy) is 1. The Kier molecular flexibility index (Phi) is 16.2. The smallest absolute Gasteiger partial charge is 0.255 e. The van der Waals surface area contributed by atoms with E-state index in [0.717, 1.165) is 109 Å². The Morgan fingerprint density at radius 2 is 1.48 bits per heavy atom. The van der Waals surface area contributed by atoms with Gasteiger partial charge in [-0.1, -0.05) is 62.8 Å². The zero-order valence-electron chi connectivity index (χ0n) is 39.7. The van der Waals surface area contributed by atoms with Gasteiger partial charge in [0, 0.05) is 74.7 Å². The Labute approximate surface area is 409 Å². The number of nitrogens with one attached hydrogen (secondary N) is 1. The van der Waals surface area contributed by atoms with Crippen molar-refractivity contribution in [1.29, 1.82) is 0 Å². The number of likely N-dealkylation sites (tertiary alicyclic amines) is 1. The molecule has 6 heterocycles. The molecule has 2 atom stereocenters. The maximum Gasteiger partial charge on any atom is 0.255 e. The number of benzene rings is 3. The molecule has 3 aromatic carbocycles. The maximum absolute atomic E-state index is 13.6. The van der Waals surface area contributed by atoms with Gasteiger partial charge in [0.25, 0.3) is 5.91 Å². The van der Waals surface area contributed by atoms with E-state index in [1.165, 1.54) is 57.8 Å². The standard InChI is InChI=1S/C53H66N10O5S/c54-50-48-49(38-21-23-41(24-22-38)68-40-16-8-7-9-17-40)58-63(51(48)56-37-55-50)39-15-13-29-61(35-39)47(65)20-14-28-60-32-30-59(31-33-60)27-10-5-3-1-2-4-6-11-34-69-45-19-12-18-42-43(45)36-62(53(42)67)44-25-26-46(64)57-52(44)66/h7-9,12,16-19,21-24,37,39,44H,1-6,10-11,13-15,20,25-36H2,(H2,54,55,56)(H,57,64,66). The van der Waals surface area contributed by atoms with Crippen LogP contribution in [-0.4, -0.2) is 127 Å². The van der Waals surface area contributed by atoms with Gasteiger partial charge < -0.3 is 30.1 Å². The molecule has 0 bridgehead atoms. The number of amides is 4. The van der Waals surface area contributed by atoms with E-state index < -0.39 is 6.04 Å². The molecule has 0 radical (unpaired) electrons. The molecule has 2 aromatic heterocycles. The molecule has 9 rings (SSSR count). The summed E-state index contributed by atoms with van der Waals surface area (Å²) in [6, 6.07) is 22.8. The van der Waals surface area contributed by atoms with Gasteiger partial charge in [-0.15, -0.1) is 11.8 Å². The molecule has 4 aliphatic rings. The molecule has 0 saturated carbocycles. The van der Waals surface area contributed by atoms with Crippen LogP contribution < -0.4 is 15.8 Å². The lowest BCUT2D eigenvalue weighted by Crippen LogP contribution is -2.52. The first-order chi connectivity index (χ1) is 33.8. The van der Waals surface area contributed by atoms with Crippen molar-refractivity contribution in [3.05, 3.63) is 90.3 Å². The van der Waals surface area contributed by atoms with Gasteiger partial charge in [-0.2, -0.15) is 5.10 Å². The Hall–Kier alpha value is -5.84. The predicted molar refractivity (Wildman–Crippen MR) is 269 cm³/mol. The second kappa shape index (κ2) is 23.2. The number of carbonyl (C=O) groups is 4. The molecule has 5 aromatic rings. The fourth-order valence-corrected chi connectivity index (χ4v) is 11.5. The molecule has 69 heavy (non-hydrogen) atoms. The SMILES string of the molecule is Nc1ncnc2c1c(-c1ccc(Oc3ccccc3)cc1)nn2C1CCCN(C(=O)CCCN2CCN(CCCCCCCCCCSc3cccc4c3CN(C3CCC(=O)NC3=O)C4=O)CC2)C1. The highest BCUT2D eigenvalue weighted by molar-refractivity contribution is 7.99. The second-order valence-corrected chi connectivity index (χ2v) is 20.1. The fourth-order valence-electron chi connectivity index (χ4n) is 10.4. The number of piperazine rings is 1. The van der Waals surface area contributed by atoms with Crippen molar-refractivity contribution in [2.24, 2.45) is 0 Å². The molecular weight excluding hydrogens is 889 g/mol. The van der Waals surface area contributed by atoms with E-state index in [4.69, 9.17) is 15.6 Å². The average molecular weight is 955 g/mol. The monoisotopic (exact) mass is 954 g/mol. The van der Waals surface area contributed by atoms with Crippen LogP contribution in [0.1, 0.15) is 112 Å². The molecule has 2 unspecified atom stereocenters. The number of nitrogens with zero attached hydrogens (tertiary/aromatic N) is 8. The summed E-state index contributed by atoms with van der Waals surface area (Å²) in [5.74, 6) is 2.37. The van der Waals surface area contributed by atoms with Crippen LogP contribution in [0.25, 0.3) is 22.3 Å². The van der Waals surface area contributed by atoms with Gasteiger partial charge in [0.2, 0.25) is 17.7 Å². The summed E-state index contributed by atoms with van der Waals surface area (Å²) in [4.78, 5) is 69.6. The lowest BCUT2D eigenvalue weighted by molar-refractivity contribution is -0.137. The number of hydrogen-bond donors (Lipinski definition) is 2. The van der Waals surface area contributed by atoms with Crippen LogP contribution in [0.4, 0.5) is 5.82 Å². The topological polar surface area (TPSA) is 172 Å². The average Bonchev–Trinajstić information content (AvgIpc) is 3.93. The minimum atomic E-state index is -0.579. The molecule has 3 N–H and O–H groups in total. The molecular formula is C53H66N10O5S. The second-order valence-electron chi connectivity index (χ2n) is 19.0. The van der Waals surface area contributed by atoms with E-state index in [1.807, 2.05) is 88.1 Å². The molecule has 3 saturated heterocycles. The number of thioether (sulfide) groups is 1. The highest BCUT2D eigenvalue weighted by Gasteiger charge is 2.40. The van der Waals surface area contributed by atoms with Gasteiger partial charge in [0.05, 0.1) is 11.4 Å². The number of imide groups is 1. The van der Waals surface area contributed by atoms with E-state index in [1.54, 1.807) is 4.90 Å². The number of anilines is 1. The molecule has 364 valence electrons. The minimum absolute atomic E-state index is 0.00824. The lowest BCUT2D eigenvalue weighted by Gasteiger charge is -2.35. The van der Waals surface area contributed by atoms with Crippen molar-refractivity contribution >= 4 is 52.2 Å². The molecule has 3 fully saturated rings. The summed E-state index contributed by atoms with van der Waals surface area (Å²) in [6.07, 6.45) is 15.4. The van der Waals surface area contributed by atoms with Crippen LogP contribution in [-0.2, 0) is 20.9 Å². The number of para-hydroxylation sites is 1. The summed E-state index contributed by atoms with van der Waals surface area (Å²) in [5.41, 5.74) is 10.5. The Morgan fingerprint density at radius 3 is 2.23 bits per heavy atom. The molecule has 4 aliphatic heterocycles. The van der Waals surface area contributed by atoms with Crippen molar-refractivity contribution in [1.82, 2.24) is 44.7 Å². The van der Waals surface area contributed by atoms with Crippen molar-refractivity contribution in [3.8, 4) is 22.8 Å². The van der Waals surface area contributed by atoms with Gasteiger partial charge in [-0.25, -0.2) is 14.6 Å². The Morgan fingerprint density at radius 1 is 0.768 bits per heavy atom. The van der Waals surface area contributed by atoms with E-state index in [0.29, 0.717) is 43.0 Å². The van der Waals surface area contributed by atoms with Gasteiger partial charge in [-0.3, -0.25) is 24.5 Å². The summed E-state index contributed by atoms with van der Waals surface area (Å²) in [6.45, 7) is 8.23. The highest BCUT2D eigenvalue weighted by atomic mass is 32.2. The van der Waals surface area contributed by atoms with Crippen molar-refractivity contribution in [3.63, 3.8) is 0 Å². The number of nitrogens with two attached hydrogens (primary N) is 1. The zero-order valence-corrected chi connectivity index (χ0v) is 40.6. The number of hydrogen-bond acceptors (Lipinski definition) is 12. The lowest BCUT2D eigenvalue weighted by atomic mass is 10.0. The molecule has 15 nitrogen and oxygen atoms in total. The minimum Gasteiger partial charge on any atom is -0.457 e. The van der Waals surface area contributed by atoms with Crippen molar-refractivity contribution in [2.75, 3.05) is 63.8 Å². The fraction of sp³-hybridized carbons (Fsp3) is 0.491. The number of nitrogen functional groups attached to an aromatic ring is 1. The van der Waals surface area contributed by atoms with Crippen LogP contribution in [0, 0.1) is 0 Å².